The molecule has 0 saturated heterocycles. The fourth-order valence-electron chi connectivity index (χ4n) is 2.39. The van der Waals surface area contributed by atoms with Gasteiger partial charge in [0.1, 0.15) is 6.10 Å². The van der Waals surface area contributed by atoms with E-state index >= 15 is 0 Å². The first-order valence-corrected chi connectivity index (χ1v) is 7.20. The minimum atomic E-state index is -0.385. The first-order chi connectivity index (χ1) is 8.99. The molecular weight excluding hydrogens is 285 g/mol. The van der Waals surface area contributed by atoms with Crippen LogP contribution < -0.4 is 5.73 Å². The van der Waals surface area contributed by atoms with Crippen LogP contribution in [-0.2, 0) is 4.74 Å². The molecule has 0 radical (unpaired) electrons. The van der Waals surface area contributed by atoms with Gasteiger partial charge in [-0.3, -0.25) is 0 Å². The molecule has 0 amide bonds. The van der Waals surface area contributed by atoms with Crippen LogP contribution in [0.5, 0.6) is 0 Å². The van der Waals surface area contributed by atoms with Crippen LogP contribution in [-0.4, -0.2) is 12.1 Å². The van der Waals surface area contributed by atoms with E-state index in [0.29, 0.717) is 11.5 Å². The summed E-state index contributed by atoms with van der Waals surface area (Å²) in [5, 5.41) is 0.537. The van der Waals surface area contributed by atoms with E-state index in [0.717, 1.165) is 19.3 Å². The number of carbonyl (C=O) groups excluding carboxylic acids is 1. The molecule has 1 saturated carbocycles. The summed E-state index contributed by atoms with van der Waals surface area (Å²) in [7, 11) is 0. The predicted molar refractivity (Wildman–Crippen MR) is 77.7 cm³/mol. The second kappa shape index (κ2) is 6.02. The molecule has 0 aromatic heterocycles. The van der Waals surface area contributed by atoms with E-state index in [2.05, 4.69) is 6.92 Å². The van der Waals surface area contributed by atoms with Gasteiger partial charge in [0.25, 0.3) is 0 Å². The number of hydrogen-bond donors (Lipinski definition) is 1. The maximum atomic E-state index is 12.1. The Balaban J connectivity index is 2.11. The van der Waals surface area contributed by atoms with E-state index in [9.17, 15) is 4.79 Å². The van der Waals surface area contributed by atoms with Crippen molar-refractivity contribution in [3.05, 3.63) is 27.7 Å². The smallest absolute Gasteiger partial charge is 0.338 e. The van der Waals surface area contributed by atoms with Crippen molar-refractivity contribution in [1.82, 2.24) is 0 Å². The predicted octanol–water partition coefficient (Wildman–Crippen LogP) is 4.31. The number of hydrogen-bond acceptors (Lipinski definition) is 3. The summed E-state index contributed by atoms with van der Waals surface area (Å²) >= 11 is 11.8. The number of carbonyl (C=O) groups is 1. The van der Waals surface area contributed by atoms with Crippen LogP contribution in [0.4, 0.5) is 5.69 Å². The maximum Gasteiger partial charge on any atom is 0.338 e. The summed E-state index contributed by atoms with van der Waals surface area (Å²) in [6, 6.07) is 3.00. The van der Waals surface area contributed by atoms with Gasteiger partial charge in [-0.05, 0) is 37.3 Å². The second-order valence-electron chi connectivity index (χ2n) is 5.07. The molecule has 5 heteroatoms. The van der Waals surface area contributed by atoms with E-state index in [1.54, 1.807) is 0 Å². The Kier molecular flexibility index (Phi) is 4.58. The highest BCUT2D eigenvalue weighted by Crippen LogP contribution is 2.31. The van der Waals surface area contributed by atoms with Crippen molar-refractivity contribution < 1.29 is 9.53 Å². The van der Waals surface area contributed by atoms with Gasteiger partial charge in [-0.1, -0.05) is 36.5 Å². The average molecular weight is 302 g/mol. The number of rotatable bonds is 2. The Morgan fingerprint density at radius 1 is 1.32 bits per heavy atom. The fourth-order valence-corrected chi connectivity index (χ4v) is 2.73. The third-order valence-corrected chi connectivity index (χ3v) is 4.40. The Morgan fingerprint density at radius 2 is 2.00 bits per heavy atom. The van der Waals surface area contributed by atoms with Crippen molar-refractivity contribution in [2.45, 2.75) is 38.7 Å². The molecule has 0 heterocycles. The van der Waals surface area contributed by atoms with Crippen molar-refractivity contribution in [2.24, 2.45) is 5.92 Å². The summed E-state index contributed by atoms with van der Waals surface area (Å²) in [4.78, 5) is 12.1. The number of anilines is 1. The van der Waals surface area contributed by atoms with Gasteiger partial charge in [-0.25, -0.2) is 4.79 Å². The average Bonchev–Trinajstić information content (AvgIpc) is 2.38. The molecule has 19 heavy (non-hydrogen) atoms. The van der Waals surface area contributed by atoms with Crippen LogP contribution >= 0.6 is 23.2 Å². The molecule has 2 atom stereocenters. The molecule has 104 valence electrons. The van der Waals surface area contributed by atoms with Gasteiger partial charge in [0.05, 0.1) is 21.3 Å². The molecule has 0 bridgehead atoms. The highest BCUT2D eigenvalue weighted by Gasteiger charge is 2.25. The summed E-state index contributed by atoms with van der Waals surface area (Å²) in [6.45, 7) is 2.11. The lowest BCUT2D eigenvalue weighted by Crippen LogP contribution is -2.28. The van der Waals surface area contributed by atoms with E-state index < -0.39 is 0 Å². The highest BCUT2D eigenvalue weighted by molar-refractivity contribution is 6.43. The number of nitrogen functional groups attached to an aromatic ring is 1. The number of ether oxygens (including phenoxy) is 1. The molecule has 1 aromatic carbocycles. The molecule has 3 nitrogen and oxygen atoms in total. The number of benzene rings is 1. The topological polar surface area (TPSA) is 52.3 Å². The summed E-state index contributed by atoms with van der Waals surface area (Å²) < 4.78 is 5.54. The zero-order chi connectivity index (χ0) is 14.0. The minimum absolute atomic E-state index is 0.0167. The lowest BCUT2D eigenvalue weighted by atomic mass is 9.88. The van der Waals surface area contributed by atoms with Gasteiger partial charge >= 0.3 is 5.97 Å². The Hall–Kier alpha value is -0.930. The zero-order valence-corrected chi connectivity index (χ0v) is 12.3. The molecule has 0 spiro atoms. The molecule has 1 aliphatic carbocycles. The minimum Gasteiger partial charge on any atom is -0.458 e. The lowest BCUT2D eigenvalue weighted by Gasteiger charge is -2.28. The Morgan fingerprint density at radius 3 is 2.63 bits per heavy atom. The van der Waals surface area contributed by atoms with E-state index in [-0.39, 0.29) is 27.8 Å². The van der Waals surface area contributed by atoms with Crippen molar-refractivity contribution in [3.8, 4) is 0 Å². The molecule has 1 fully saturated rings. The van der Waals surface area contributed by atoms with E-state index in [1.165, 1.54) is 18.6 Å². The second-order valence-corrected chi connectivity index (χ2v) is 5.85. The van der Waals surface area contributed by atoms with Crippen molar-refractivity contribution in [1.29, 1.82) is 0 Å². The van der Waals surface area contributed by atoms with Gasteiger partial charge in [0.15, 0.2) is 0 Å². The third-order valence-electron chi connectivity index (χ3n) is 3.58. The molecule has 1 aliphatic rings. The van der Waals surface area contributed by atoms with Crippen LogP contribution in [0.15, 0.2) is 12.1 Å². The number of nitrogens with two attached hydrogens (primary N) is 1. The maximum absolute atomic E-state index is 12.1. The first kappa shape index (κ1) is 14.5. The molecule has 2 N–H and O–H groups in total. The van der Waals surface area contributed by atoms with Crippen LogP contribution in [0.1, 0.15) is 43.0 Å². The standard InChI is InChI=1S/C14H17Cl2NO2/c1-8-4-2-3-5-12(8)19-14(18)9-6-10(15)13(16)11(17)7-9/h6-8,12H,2-5,17H2,1H3. The number of esters is 1. The number of halogens is 2. The van der Waals surface area contributed by atoms with Crippen LogP contribution in [0, 0.1) is 5.92 Å². The van der Waals surface area contributed by atoms with E-state index in [1.807, 2.05) is 0 Å². The van der Waals surface area contributed by atoms with Crippen molar-refractivity contribution in [3.63, 3.8) is 0 Å². The zero-order valence-electron chi connectivity index (χ0n) is 10.8. The Labute approximate surface area is 123 Å². The summed E-state index contributed by atoms with van der Waals surface area (Å²) in [5.74, 6) is 0.0156. The third kappa shape index (κ3) is 3.34. The molecule has 2 rings (SSSR count). The molecular formula is C14H17Cl2NO2. The van der Waals surface area contributed by atoms with Gasteiger partial charge in [0.2, 0.25) is 0 Å². The van der Waals surface area contributed by atoms with Gasteiger partial charge in [0, 0.05) is 0 Å². The van der Waals surface area contributed by atoms with Crippen LogP contribution in [0.3, 0.4) is 0 Å². The summed E-state index contributed by atoms with van der Waals surface area (Å²) in [6.07, 6.45) is 4.31. The van der Waals surface area contributed by atoms with Crippen molar-refractivity contribution >= 4 is 34.9 Å². The first-order valence-electron chi connectivity index (χ1n) is 6.44. The largest absolute Gasteiger partial charge is 0.458 e. The SMILES string of the molecule is CC1CCCCC1OC(=O)c1cc(N)c(Cl)c(Cl)c1. The molecule has 2 unspecified atom stereocenters. The van der Waals surface area contributed by atoms with Gasteiger partial charge in [-0.2, -0.15) is 0 Å². The molecule has 1 aromatic rings. The monoisotopic (exact) mass is 301 g/mol. The highest BCUT2D eigenvalue weighted by atomic mass is 35.5. The van der Waals surface area contributed by atoms with Crippen LogP contribution in [0.25, 0.3) is 0 Å². The summed E-state index contributed by atoms with van der Waals surface area (Å²) in [5.41, 5.74) is 6.34. The fraction of sp³-hybridized carbons (Fsp3) is 0.500. The van der Waals surface area contributed by atoms with Crippen molar-refractivity contribution in [2.75, 3.05) is 5.73 Å². The quantitative estimate of drug-likeness (QED) is 0.654. The van der Waals surface area contributed by atoms with E-state index in [4.69, 9.17) is 33.7 Å². The van der Waals surface area contributed by atoms with Gasteiger partial charge < -0.3 is 10.5 Å². The lowest BCUT2D eigenvalue weighted by molar-refractivity contribution is 0.00482. The van der Waals surface area contributed by atoms with Crippen LogP contribution in [0.2, 0.25) is 10.0 Å². The normalized spacial score (nSPS) is 23.1. The van der Waals surface area contributed by atoms with Gasteiger partial charge in [-0.15, -0.1) is 0 Å². The molecule has 0 aliphatic heterocycles. The Bertz CT molecular complexity index is 467.